The number of pyridine rings is 1. The summed E-state index contributed by atoms with van der Waals surface area (Å²) < 4.78 is 10.9. The standard InChI is InChI=1S/C21H28N4O2/c1-21(22-2)10-9-16-15(12-21)14-6-8-19(25-20(14)24-16)23-13-5-7-17(26-3)18(11-13)27-4/h6,8,11,17,22H,5,7,9-10,12H2,1-4H3,(H,24,25). The van der Waals surface area contributed by atoms with Gasteiger partial charge in [-0.2, -0.15) is 0 Å². The highest BCUT2D eigenvalue weighted by atomic mass is 16.5. The van der Waals surface area contributed by atoms with Crippen LogP contribution in [0.15, 0.2) is 29.0 Å². The van der Waals surface area contributed by atoms with Gasteiger partial charge in [0.1, 0.15) is 17.5 Å². The minimum atomic E-state index is 0.0148. The Bertz CT molecular complexity index is 914. The molecular formula is C21H28N4O2. The van der Waals surface area contributed by atoms with E-state index >= 15 is 0 Å². The first-order valence-corrected chi connectivity index (χ1v) is 9.60. The minimum absolute atomic E-state index is 0.0148. The fraction of sp³-hybridized carbons (Fsp3) is 0.524. The van der Waals surface area contributed by atoms with Gasteiger partial charge < -0.3 is 19.8 Å². The molecular weight excluding hydrogens is 340 g/mol. The molecule has 2 N–H and O–H groups in total. The molecule has 2 aromatic heterocycles. The van der Waals surface area contributed by atoms with E-state index in [2.05, 4.69) is 23.3 Å². The number of likely N-dealkylation sites (N-methyl/N-ethyl adjacent to an activating group) is 1. The van der Waals surface area contributed by atoms with Crippen LogP contribution in [-0.2, 0) is 22.3 Å². The van der Waals surface area contributed by atoms with Gasteiger partial charge in [0.15, 0.2) is 5.82 Å². The Hall–Kier alpha value is -2.18. The van der Waals surface area contributed by atoms with Gasteiger partial charge >= 0.3 is 0 Å². The van der Waals surface area contributed by atoms with Gasteiger partial charge in [0.25, 0.3) is 0 Å². The summed E-state index contributed by atoms with van der Waals surface area (Å²) in [6, 6.07) is 4.16. The second-order valence-corrected chi connectivity index (χ2v) is 7.75. The molecule has 144 valence electrons. The van der Waals surface area contributed by atoms with Gasteiger partial charge in [-0.25, -0.2) is 9.98 Å². The van der Waals surface area contributed by atoms with Crippen molar-refractivity contribution in [2.45, 2.75) is 50.7 Å². The van der Waals surface area contributed by atoms with Crippen molar-refractivity contribution in [3.8, 4) is 0 Å². The molecule has 0 spiro atoms. The maximum atomic E-state index is 5.45. The molecule has 6 nitrogen and oxygen atoms in total. The van der Waals surface area contributed by atoms with Gasteiger partial charge in [-0.1, -0.05) is 0 Å². The van der Waals surface area contributed by atoms with Crippen LogP contribution in [0.1, 0.15) is 37.4 Å². The maximum absolute atomic E-state index is 5.45. The molecule has 0 aliphatic heterocycles. The predicted octanol–water partition coefficient (Wildman–Crippen LogP) is 3.44. The summed E-state index contributed by atoms with van der Waals surface area (Å²) in [5.74, 6) is 1.56. The molecule has 0 bridgehead atoms. The zero-order valence-corrected chi connectivity index (χ0v) is 16.6. The lowest BCUT2D eigenvalue weighted by atomic mass is 9.81. The number of ether oxygens (including phenoxy) is 2. The monoisotopic (exact) mass is 368 g/mol. The van der Waals surface area contributed by atoms with Crippen LogP contribution in [0.2, 0.25) is 0 Å². The van der Waals surface area contributed by atoms with Crippen LogP contribution in [-0.4, -0.2) is 48.6 Å². The van der Waals surface area contributed by atoms with E-state index in [0.29, 0.717) is 0 Å². The number of H-pyrrole nitrogens is 1. The summed E-state index contributed by atoms with van der Waals surface area (Å²) in [4.78, 5) is 13.0. The first kappa shape index (κ1) is 18.2. The molecule has 27 heavy (non-hydrogen) atoms. The Morgan fingerprint density at radius 1 is 1.30 bits per heavy atom. The van der Waals surface area contributed by atoms with E-state index < -0.39 is 0 Å². The average molecular weight is 368 g/mol. The molecule has 0 saturated carbocycles. The zero-order valence-electron chi connectivity index (χ0n) is 16.6. The molecule has 0 aromatic carbocycles. The number of aliphatic imine (C=N–C) groups is 1. The maximum Gasteiger partial charge on any atom is 0.154 e. The molecule has 2 aliphatic rings. The van der Waals surface area contributed by atoms with Crippen LogP contribution in [0.4, 0.5) is 5.82 Å². The lowest BCUT2D eigenvalue weighted by Gasteiger charge is -2.33. The summed E-state index contributed by atoms with van der Waals surface area (Å²) >= 11 is 0. The van der Waals surface area contributed by atoms with Crippen molar-refractivity contribution in [3.63, 3.8) is 0 Å². The molecule has 0 saturated heterocycles. The second-order valence-electron chi connectivity index (χ2n) is 7.75. The number of aryl methyl sites for hydroxylation is 1. The Morgan fingerprint density at radius 3 is 2.89 bits per heavy atom. The molecule has 2 aromatic rings. The van der Waals surface area contributed by atoms with Gasteiger partial charge in [-0.3, -0.25) is 0 Å². The van der Waals surface area contributed by atoms with E-state index in [4.69, 9.17) is 19.5 Å². The highest BCUT2D eigenvalue weighted by Gasteiger charge is 2.30. The minimum Gasteiger partial charge on any atom is -0.498 e. The Kier molecular flexibility index (Phi) is 4.78. The predicted molar refractivity (Wildman–Crippen MR) is 108 cm³/mol. The summed E-state index contributed by atoms with van der Waals surface area (Å²) in [5.41, 5.74) is 4.77. The zero-order chi connectivity index (χ0) is 19.0. The largest absolute Gasteiger partial charge is 0.498 e. The molecule has 0 radical (unpaired) electrons. The van der Waals surface area contributed by atoms with E-state index in [0.717, 1.165) is 55.0 Å². The van der Waals surface area contributed by atoms with E-state index in [1.54, 1.807) is 14.2 Å². The Morgan fingerprint density at radius 2 is 2.15 bits per heavy atom. The summed E-state index contributed by atoms with van der Waals surface area (Å²) in [5, 5.41) is 4.69. The first-order valence-electron chi connectivity index (χ1n) is 9.60. The Labute approximate surface area is 160 Å². The average Bonchev–Trinajstić information content (AvgIpc) is 3.04. The third-order valence-electron chi connectivity index (χ3n) is 6.00. The van der Waals surface area contributed by atoms with Crippen LogP contribution < -0.4 is 5.32 Å². The topological polar surface area (TPSA) is 71.5 Å². The molecule has 2 aliphatic carbocycles. The smallest absolute Gasteiger partial charge is 0.154 e. The van der Waals surface area contributed by atoms with Gasteiger partial charge in [0.05, 0.1) is 7.11 Å². The number of nitrogens with one attached hydrogen (secondary N) is 2. The van der Waals surface area contributed by atoms with E-state index in [1.165, 1.54) is 16.6 Å². The summed E-state index contributed by atoms with van der Waals surface area (Å²) in [6.45, 7) is 2.29. The summed E-state index contributed by atoms with van der Waals surface area (Å²) in [7, 11) is 5.43. The normalized spacial score (nSPS) is 26.9. The van der Waals surface area contributed by atoms with Gasteiger partial charge in [0, 0.05) is 35.5 Å². The van der Waals surface area contributed by atoms with Crippen LogP contribution in [0, 0.1) is 0 Å². The first-order chi connectivity index (χ1) is 13.0. The molecule has 2 heterocycles. The van der Waals surface area contributed by atoms with Crippen molar-refractivity contribution < 1.29 is 9.47 Å². The van der Waals surface area contributed by atoms with Crippen molar-refractivity contribution in [1.29, 1.82) is 0 Å². The number of rotatable bonds is 4. The highest BCUT2D eigenvalue weighted by Crippen LogP contribution is 2.34. The van der Waals surface area contributed by atoms with Crippen LogP contribution in [0.5, 0.6) is 0 Å². The Balaban J connectivity index is 1.66. The highest BCUT2D eigenvalue weighted by molar-refractivity contribution is 5.98. The van der Waals surface area contributed by atoms with Crippen molar-refractivity contribution in [3.05, 3.63) is 35.2 Å². The fourth-order valence-corrected chi connectivity index (χ4v) is 4.15. The number of methoxy groups -OCH3 is 2. The third-order valence-corrected chi connectivity index (χ3v) is 6.00. The van der Waals surface area contributed by atoms with E-state index in [1.807, 2.05) is 19.2 Å². The number of aromatic nitrogens is 2. The summed E-state index contributed by atoms with van der Waals surface area (Å²) in [6.07, 6.45) is 6.91. The van der Waals surface area contributed by atoms with Crippen LogP contribution in [0.25, 0.3) is 11.0 Å². The number of aromatic amines is 1. The number of nitrogens with zero attached hydrogens (tertiary/aromatic N) is 2. The number of hydrogen-bond acceptors (Lipinski definition) is 5. The van der Waals surface area contributed by atoms with Gasteiger partial charge in [-0.15, -0.1) is 0 Å². The SMILES string of the molecule is CNC1(C)CCc2[nH]c3nc(N=C4C=C(OC)C(OC)CC4)ccc3c2C1. The van der Waals surface area contributed by atoms with Gasteiger partial charge in [0.2, 0.25) is 0 Å². The fourth-order valence-electron chi connectivity index (χ4n) is 4.15. The quantitative estimate of drug-likeness (QED) is 0.867. The van der Waals surface area contributed by atoms with Crippen molar-refractivity contribution in [1.82, 2.24) is 15.3 Å². The van der Waals surface area contributed by atoms with E-state index in [-0.39, 0.29) is 11.6 Å². The molecule has 2 atom stereocenters. The van der Waals surface area contributed by atoms with E-state index in [9.17, 15) is 0 Å². The van der Waals surface area contributed by atoms with Crippen LogP contribution >= 0.6 is 0 Å². The molecule has 0 fully saturated rings. The molecule has 2 unspecified atom stereocenters. The van der Waals surface area contributed by atoms with Crippen molar-refractivity contribution in [2.24, 2.45) is 4.99 Å². The lowest BCUT2D eigenvalue weighted by Crippen LogP contribution is -2.44. The molecule has 6 heteroatoms. The number of hydrogen-bond donors (Lipinski definition) is 2. The van der Waals surface area contributed by atoms with Gasteiger partial charge in [-0.05, 0) is 63.8 Å². The third kappa shape index (κ3) is 3.39. The number of allylic oxidation sites excluding steroid dienone is 1. The molecule has 4 rings (SSSR count). The van der Waals surface area contributed by atoms with Crippen molar-refractivity contribution in [2.75, 3.05) is 21.3 Å². The molecule has 0 amide bonds. The lowest BCUT2D eigenvalue weighted by molar-refractivity contribution is 0.0723. The number of fused-ring (bicyclic) bond motifs is 3. The second kappa shape index (κ2) is 7.09. The van der Waals surface area contributed by atoms with Crippen molar-refractivity contribution >= 4 is 22.6 Å². The van der Waals surface area contributed by atoms with Crippen LogP contribution in [0.3, 0.4) is 0 Å².